The van der Waals surface area contributed by atoms with Crippen LogP contribution in [0.5, 0.6) is 0 Å². The molecule has 2 heterocycles. The molecule has 0 bridgehead atoms. The van der Waals surface area contributed by atoms with Crippen LogP contribution in [0.2, 0.25) is 0 Å². The zero-order chi connectivity index (χ0) is 19.4. The van der Waals surface area contributed by atoms with Gasteiger partial charge in [0.2, 0.25) is 15.9 Å². The van der Waals surface area contributed by atoms with E-state index in [2.05, 4.69) is 14.7 Å². The second-order valence-electron chi connectivity index (χ2n) is 5.95. The van der Waals surface area contributed by atoms with Crippen molar-refractivity contribution >= 4 is 38.1 Å². The summed E-state index contributed by atoms with van der Waals surface area (Å²) >= 11 is 1.40. The fraction of sp³-hybridized carbons (Fsp3) is 0.167. The Bertz CT molecular complexity index is 1030. The molecule has 0 aliphatic rings. The van der Waals surface area contributed by atoms with E-state index in [4.69, 9.17) is 0 Å². The summed E-state index contributed by atoms with van der Waals surface area (Å²) in [4.78, 5) is 22.6. The summed E-state index contributed by atoms with van der Waals surface area (Å²) in [5, 5.41) is 2.52. The number of thiazole rings is 1. The lowest BCUT2D eigenvalue weighted by atomic mass is 10.1. The van der Waals surface area contributed by atoms with Crippen molar-refractivity contribution in [3.05, 3.63) is 59.7 Å². The minimum Gasteiger partial charge on any atom is -0.291 e. The number of carbonyl (C=O) groups is 1. The number of anilines is 2. The molecule has 3 rings (SSSR count). The molecule has 0 fully saturated rings. The fourth-order valence-electron chi connectivity index (χ4n) is 2.38. The Morgan fingerprint density at radius 1 is 1.15 bits per heavy atom. The lowest BCUT2D eigenvalue weighted by Gasteiger charge is -2.14. The van der Waals surface area contributed by atoms with E-state index < -0.39 is 10.0 Å². The average molecular weight is 403 g/mol. The highest BCUT2D eigenvalue weighted by Gasteiger charge is 2.16. The molecule has 0 unspecified atom stereocenters. The van der Waals surface area contributed by atoms with Gasteiger partial charge in [-0.1, -0.05) is 12.1 Å². The summed E-state index contributed by atoms with van der Waals surface area (Å²) in [6.45, 7) is 0. The molecule has 3 aromatic rings. The number of rotatable bonds is 6. The minimum absolute atomic E-state index is 0.102. The maximum Gasteiger partial charge on any atom is 0.232 e. The Hall–Kier alpha value is -2.78. The van der Waals surface area contributed by atoms with Gasteiger partial charge in [-0.25, -0.2) is 13.4 Å². The maximum absolute atomic E-state index is 12.5. The van der Waals surface area contributed by atoms with E-state index in [0.717, 1.165) is 23.1 Å². The molecule has 27 heavy (non-hydrogen) atoms. The number of hydrogen-bond acceptors (Lipinski definition) is 6. The first-order valence-corrected chi connectivity index (χ1v) is 10.8. The van der Waals surface area contributed by atoms with Crippen LogP contribution >= 0.6 is 11.3 Å². The van der Waals surface area contributed by atoms with Gasteiger partial charge in [-0.2, -0.15) is 0 Å². The van der Waals surface area contributed by atoms with Gasteiger partial charge in [-0.15, -0.1) is 11.3 Å². The first-order valence-electron chi connectivity index (χ1n) is 8.01. The van der Waals surface area contributed by atoms with Gasteiger partial charge in [-0.3, -0.25) is 19.4 Å². The number of nitrogens with zero attached hydrogens (tertiary/aromatic N) is 3. The molecule has 0 spiro atoms. The van der Waals surface area contributed by atoms with Gasteiger partial charge in [0.15, 0.2) is 5.13 Å². The van der Waals surface area contributed by atoms with E-state index in [0.29, 0.717) is 10.8 Å². The number of pyridine rings is 1. The molecule has 0 atom stereocenters. The minimum atomic E-state index is -3.32. The third kappa shape index (κ3) is 5.11. The molecule has 0 saturated carbocycles. The summed E-state index contributed by atoms with van der Waals surface area (Å²) in [5.41, 5.74) is 3.00. The van der Waals surface area contributed by atoms with Crippen LogP contribution in [0.25, 0.3) is 11.3 Å². The summed E-state index contributed by atoms with van der Waals surface area (Å²) in [5.74, 6) is -0.102. The van der Waals surface area contributed by atoms with Crippen molar-refractivity contribution < 1.29 is 13.2 Å². The highest BCUT2D eigenvalue weighted by molar-refractivity contribution is 7.92. The first-order chi connectivity index (χ1) is 12.8. The molecular weight excluding hydrogens is 384 g/mol. The van der Waals surface area contributed by atoms with Gasteiger partial charge in [0, 0.05) is 36.1 Å². The summed E-state index contributed by atoms with van der Waals surface area (Å²) in [6, 6.07) is 10.5. The highest BCUT2D eigenvalue weighted by atomic mass is 32.2. The van der Waals surface area contributed by atoms with Crippen molar-refractivity contribution in [3.63, 3.8) is 0 Å². The Morgan fingerprint density at radius 3 is 2.44 bits per heavy atom. The lowest BCUT2D eigenvalue weighted by Crippen LogP contribution is -2.27. The van der Waals surface area contributed by atoms with Crippen molar-refractivity contribution in [2.75, 3.05) is 22.9 Å². The molecular formula is C18H18N4O3S2. The van der Waals surface area contributed by atoms with Gasteiger partial charge in [0.25, 0.3) is 0 Å². The normalized spacial score (nSPS) is 11.2. The first kappa shape index (κ1) is 19.0. The van der Waals surface area contributed by atoms with E-state index in [1.165, 1.54) is 16.2 Å². The number of carbonyl (C=O) groups excluding carboxylic acids is 1. The van der Waals surface area contributed by atoms with Gasteiger partial charge >= 0.3 is 0 Å². The number of benzene rings is 1. The molecule has 0 radical (unpaired) electrons. The Balaban J connectivity index is 1.67. The maximum atomic E-state index is 12.5. The van der Waals surface area contributed by atoms with Crippen LogP contribution in [0.3, 0.4) is 0 Å². The monoisotopic (exact) mass is 402 g/mol. The fourth-order valence-corrected chi connectivity index (χ4v) is 3.76. The molecule has 0 aliphatic heterocycles. The van der Waals surface area contributed by atoms with E-state index in [1.54, 1.807) is 43.7 Å². The number of likely N-dealkylation sites (N-methyl/N-ethyl adjacent to an activating group) is 1. The van der Waals surface area contributed by atoms with E-state index in [1.807, 2.05) is 17.5 Å². The predicted octanol–water partition coefficient (Wildman–Crippen LogP) is 2.78. The molecule has 0 aliphatic carbocycles. The third-order valence-corrected chi connectivity index (χ3v) is 5.27. The van der Waals surface area contributed by atoms with Gasteiger partial charge < -0.3 is 0 Å². The molecule has 0 saturated heterocycles. The van der Waals surface area contributed by atoms with Crippen molar-refractivity contribution in [1.29, 1.82) is 0 Å². The smallest absolute Gasteiger partial charge is 0.232 e. The van der Waals surface area contributed by atoms with Gasteiger partial charge in [0.05, 0.1) is 18.4 Å². The van der Waals surface area contributed by atoms with Crippen molar-refractivity contribution in [1.82, 2.24) is 9.97 Å². The van der Waals surface area contributed by atoms with Crippen molar-refractivity contribution in [3.8, 4) is 11.3 Å². The lowest BCUT2D eigenvalue weighted by molar-refractivity contribution is -0.117. The molecule has 2 aromatic heterocycles. The largest absolute Gasteiger partial charge is 0.291 e. The zero-order valence-electron chi connectivity index (χ0n) is 14.8. The van der Waals surface area contributed by atoms with Crippen LogP contribution in [0.1, 0.15) is 5.56 Å². The summed E-state index contributed by atoms with van der Waals surface area (Å²) in [7, 11) is -1.63. The van der Waals surface area contributed by atoms with Gasteiger partial charge in [0.1, 0.15) is 0 Å². The number of nitrogens with one attached hydrogen (secondary N) is 1. The van der Waals surface area contributed by atoms with Crippen LogP contribution < -0.4 is 9.62 Å². The quantitative estimate of drug-likeness (QED) is 0.684. The van der Waals surface area contributed by atoms with Crippen LogP contribution in [0.15, 0.2) is 54.2 Å². The molecule has 1 amide bonds. The number of sulfonamides is 1. The van der Waals surface area contributed by atoms with Crippen molar-refractivity contribution in [2.24, 2.45) is 0 Å². The molecule has 1 aromatic carbocycles. The van der Waals surface area contributed by atoms with Crippen LogP contribution in [-0.4, -0.2) is 37.6 Å². The Labute approximate surface area is 161 Å². The second kappa shape index (κ2) is 7.85. The average Bonchev–Trinajstić information content (AvgIpc) is 3.12. The van der Waals surface area contributed by atoms with E-state index in [9.17, 15) is 13.2 Å². The predicted molar refractivity (Wildman–Crippen MR) is 107 cm³/mol. The zero-order valence-corrected chi connectivity index (χ0v) is 16.4. The third-order valence-electron chi connectivity index (χ3n) is 3.74. The van der Waals surface area contributed by atoms with E-state index >= 15 is 0 Å². The molecule has 7 nitrogen and oxygen atoms in total. The van der Waals surface area contributed by atoms with Crippen LogP contribution in [0.4, 0.5) is 10.8 Å². The highest BCUT2D eigenvalue weighted by Crippen LogP contribution is 2.26. The topological polar surface area (TPSA) is 92.3 Å². The van der Waals surface area contributed by atoms with Crippen molar-refractivity contribution in [2.45, 2.75) is 6.42 Å². The Kier molecular flexibility index (Phi) is 5.52. The number of aromatic nitrogens is 2. The second-order valence-corrected chi connectivity index (χ2v) is 8.54. The van der Waals surface area contributed by atoms with E-state index in [-0.39, 0.29) is 12.3 Å². The molecule has 140 valence electrons. The summed E-state index contributed by atoms with van der Waals surface area (Å²) < 4.78 is 24.9. The molecule has 9 heteroatoms. The van der Waals surface area contributed by atoms with Crippen LogP contribution in [-0.2, 0) is 21.2 Å². The van der Waals surface area contributed by atoms with Gasteiger partial charge in [-0.05, 0) is 29.8 Å². The Morgan fingerprint density at radius 2 is 1.81 bits per heavy atom. The molecule has 1 N–H and O–H groups in total. The standard InChI is InChI=1S/C18H18N4O3S2/c1-22(18-20-16(12-26-18)14-7-9-19-10-8-14)17(23)11-13-3-5-15(6-4-13)21-27(2,24)25/h3-10,12,21H,11H2,1-2H3. The van der Waals surface area contributed by atoms with Crippen LogP contribution in [0, 0.1) is 0 Å². The number of hydrogen-bond donors (Lipinski definition) is 1. The SMILES string of the molecule is CN(C(=O)Cc1ccc(NS(C)(=O)=O)cc1)c1nc(-c2ccncc2)cs1. The number of amides is 1. The summed E-state index contributed by atoms with van der Waals surface area (Å²) in [6.07, 6.45) is 4.69.